The maximum Gasteiger partial charge on any atom is 0.325 e. The molecule has 0 saturated heterocycles. The van der Waals surface area contributed by atoms with Gasteiger partial charge in [0.2, 0.25) is 0 Å². The van der Waals surface area contributed by atoms with Crippen molar-refractivity contribution in [1.82, 2.24) is 0 Å². The Balaban J connectivity index is 4.37. The summed E-state index contributed by atoms with van der Waals surface area (Å²) in [6, 6.07) is 0. The van der Waals surface area contributed by atoms with Crippen molar-refractivity contribution < 1.29 is 32.4 Å². The maximum atomic E-state index is 11.4. The fourth-order valence-electron chi connectivity index (χ4n) is 1.64. The van der Waals surface area contributed by atoms with Crippen LogP contribution in [0, 0.1) is 5.92 Å². The van der Waals surface area contributed by atoms with Crippen LogP contribution < -0.4 is 0 Å². The molecule has 2 N–H and O–H groups in total. The number of hydrogen-bond donors (Lipinski definition) is 2. The second kappa shape index (κ2) is 8.91. The number of ether oxygens (including phenoxy) is 1. The molecule has 2 atom stereocenters. The number of carboxylic acids is 1. The lowest BCUT2D eigenvalue weighted by Crippen LogP contribution is -2.33. The SMILES string of the molecule is CCCC[C@H](CC)COC(=O)CC(C(=O)O)S(=O)(=O)O. The van der Waals surface area contributed by atoms with E-state index in [0.717, 1.165) is 25.7 Å². The van der Waals surface area contributed by atoms with Gasteiger partial charge in [0.05, 0.1) is 13.0 Å². The first kappa shape index (κ1) is 18.9. The van der Waals surface area contributed by atoms with E-state index in [-0.39, 0.29) is 12.5 Å². The van der Waals surface area contributed by atoms with Crippen LogP contribution >= 0.6 is 0 Å². The standard InChI is InChI=1S/C12H22O7S/c1-3-5-6-9(4-2)8-19-11(13)7-10(12(14)15)20(16,17)18/h9-10H,3-8H2,1-2H3,(H,14,15)(H,16,17,18)/t9-,10?/m0/s1. The van der Waals surface area contributed by atoms with Gasteiger partial charge in [0.25, 0.3) is 10.1 Å². The normalized spacial score (nSPS) is 14.6. The number of unbranched alkanes of at least 4 members (excludes halogenated alkanes) is 1. The third-order valence-corrected chi connectivity index (χ3v) is 4.10. The molecule has 7 nitrogen and oxygen atoms in total. The van der Waals surface area contributed by atoms with E-state index in [2.05, 4.69) is 0 Å². The summed E-state index contributed by atoms with van der Waals surface area (Å²) in [5.41, 5.74) is 0. The van der Waals surface area contributed by atoms with Crippen molar-refractivity contribution >= 4 is 22.1 Å². The molecule has 0 saturated carbocycles. The molecule has 1 unspecified atom stereocenters. The molecule has 0 fully saturated rings. The molecule has 0 aliphatic carbocycles. The summed E-state index contributed by atoms with van der Waals surface area (Å²) in [4.78, 5) is 22.1. The Labute approximate surface area is 119 Å². The van der Waals surface area contributed by atoms with Crippen LogP contribution in [0.5, 0.6) is 0 Å². The van der Waals surface area contributed by atoms with E-state index < -0.39 is 33.7 Å². The second-order valence-corrected chi connectivity index (χ2v) is 6.24. The number of carbonyl (C=O) groups is 2. The molecule has 0 heterocycles. The predicted octanol–water partition coefficient (Wildman–Crippen LogP) is 1.48. The van der Waals surface area contributed by atoms with Gasteiger partial charge in [-0.3, -0.25) is 14.1 Å². The third kappa shape index (κ3) is 7.44. The zero-order valence-corrected chi connectivity index (χ0v) is 12.6. The van der Waals surface area contributed by atoms with Crippen molar-refractivity contribution in [3.05, 3.63) is 0 Å². The number of aliphatic carboxylic acids is 1. The molecule has 0 amide bonds. The van der Waals surface area contributed by atoms with E-state index in [9.17, 15) is 18.0 Å². The number of hydrogen-bond acceptors (Lipinski definition) is 5. The summed E-state index contributed by atoms with van der Waals surface area (Å²) < 4.78 is 35.2. The lowest BCUT2D eigenvalue weighted by atomic mass is 10.0. The van der Waals surface area contributed by atoms with E-state index in [1.807, 2.05) is 13.8 Å². The first-order chi connectivity index (χ1) is 9.22. The van der Waals surface area contributed by atoms with Crippen LogP contribution in [0.4, 0.5) is 0 Å². The fourth-order valence-corrected chi connectivity index (χ4v) is 2.24. The highest BCUT2D eigenvalue weighted by Crippen LogP contribution is 2.14. The van der Waals surface area contributed by atoms with Gasteiger partial charge in [0.15, 0.2) is 5.25 Å². The van der Waals surface area contributed by atoms with E-state index in [1.165, 1.54) is 0 Å². The van der Waals surface area contributed by atoms with Crippen LogP contribution in [0.25, 0.3) is 0 Å². The summed E-state index contributed by atoms with van der Waals surface area (Å²) in [5, 5.41) is 6.48. The molecule has 0 spiro atoms. The summed E-state index contributed by atoms with van der Waals surface area (Å²) in [6.45, 7) is 4.13. The Morgan fingerprint density at radius 1 is 1.25 bits per heavy atom. The molecule has 8 heteroatoms. The third-order valence-electron chi connectivity index (χ3n) is 3.01. The van der Waals surface area contributed by atoms with Crippen LogP contribution in [0.3, 0.4) is 0 Å². The van der Waals surface area contributed by atoms with Crippen molar-refractivity contribution in [2.75, 3.05) is 6.61 Å². The second-order valence-electron chi connectivity index (χ2n) is 4.65. The van der Waals surface area contributed by atoms with Crippen LogP contribution in [-0.2, 0) is 24.4 Å². The molecule has 0 aliphatic rings. The molecule has 118 valence electrons. The van der Waals surface area contributed by atoms with Gasteiger partial charge in [-0.2, -0.15) is 8.42 Å². The highest BCUT2D eigenvalue weighted by Gasteiger charge is 2.34. The molecule has 0 aromatic carbocycles. The maximum absolute atomic E-state index is 11.4. The van der Waals surface area contributed by atoms with Crippen molar-refractivity contribution in [2.45, 2.75) is 51.2 Å². The fraction of sp³-hybridized carbons (Fsp3) is 0.833. The van der Waals surface area contributed by atoms with Crippen LogP contribution in [0.2, 0.25) is 0 Å². The minimum absolute atomic E-state index is 0.132. The number of rotatable bonds is 10. The van der Waals surface area contributed by atoms with E-state index in [0.29, 0.717) is 0 Å². The minimum atomic E-state index is -4.82. The summed E-state index contributed by atoms with van der Waals surface area (Å²) >= 11 is 0. The number of esters is 1. The molecule has 20 heavy (non-hydrogen) atoms. The van der Waals surface area contributed by atoms with Crippen LogP contribution in [0.15, 0.2) is 0 Å². The molecular weight excluding hydrogens is 288 g/mol. The molecule has 0 bridgehead atoms. The van der Waals surface area contributed by atoms with E-state index >= 15 is 0 Å². The van der Waals surface area contributed by atoms with Gasteiger partial charge in [0, 0.05) is 0 Å². The van der Waals surface area contributed by atoms with E-state index in [4.69, 9.17) is 14.4 Å². The smallest absolute Gasteiger partial charge is 0.325 e. The Morgan fingerprint density at radius 2 is 1.85 bits per heavy atom. The van der Waals surface area contributed by atoms with Crippen molar-refractivity contribution in [1.29, 1.82) is 0 Å². The zero-order valence-electron chi connectivity index (χ0n) is 11.7. The van der Waals surface area contributed by atoms with Gasteiger partial charge in [0.1, 0.15) is 0 Å². The topological polar surface area (TPSA) is 118 Å². The zero-order chi connectivity index (χ0) is 15.8. The average Bonchev–Trinajstić information content (AvgIpc) is 2.34. The highest BCUT2D eigenvalue weighted by molar-refractivity contribution is 7.87. The monoisotopic (exact) mass is 310 g/mol. The Morgan fingerprint density at radius 3 is 2.25 bits per heavy atom. The van der Waals surface area contributed by atoms with Crippen molar-refractivity contribution in [3.63, 3.8) is 0 Å². The Kier molecular flexibility index (Phi) is 8.40. The van der Waals surface area contributed by atoms with E-state index in [1.54, 1.807) is 0 Å². The molecule has 0 aliphatic heterocycles. The first-order valence-electron chi connectivity index (χ1n) is 6.57. The van der Waals surface area contributed by atoms with Gasteiger partial charge >= 0.3 is 11.9 Å². The number of carboxylic acid groups (broad SMARTS) is 1. The van der Waals surface area contributed by atoms with Crippen LogP contribution in [0.1, 0.15) is 46.0 Å². The van der Waals surface area contributed by atoms with Crippen molar-refractivity contribution in [3.8, 4) is 0 Å². The molecule has 0 aromatic heterocycles. The Hall–Kier alpha value is -1.15. The summed E-state index contributed by atoms with van der Waals surface area (Å²) in [6.07, 6.45) is 2.83. The van der Waals surface area contributed by atoms with Crippen molar-refractivity contribution in [2.24, 2.45) is 5.92 Å². The molecule has 0 aromatic rings. The minimum Gasteiger partial charge on any atom is -0.480 e. The lowest BCUT2D eigenvalue weighted by Gasteiger charge is -2.15. The molecule has 0 rings (SSSR count). The lowest BCUT2D eigenvalue weighted by molar-refractivity contribution is -0.148. The number of carbonyl (C=O) groups excluding carboxylic acids is 1. The highest BCUT2D eigenvalue weighted by atomic mass is 32.2. The Bertz CT molecular complexity index is 416. The predicted molar refractivity (Wildman–Crippen MR) is 71.9 cm³/mol. The molecule has 0 radical (unpaired) electrons. The largest absolute Gasteiger partial charge is 0.480 e. The van der Waals surface area contributed by atoms with Gasteiger partial charge in [-0.15, -0.1) is 0 Å². The van der Waals surface area contributed by atoms with Gasteiger partial charge in [-0.25, -0.2) is 0 Å². The van der Waals surface area contributed by atoms with Gasteiger partial charge in [-0.1, -0.05) is 33.1 Å². The summed E-state index contributed by atoms with van der Waals surface area (Å²) in [7, 11) is -4.82. The molecular formula is C12H22O7S. The summed E-state index contributed by atoms with van der Waals surface area (Å²) in [5.74, 6) is -2.54. The quantitative estimate of drug-likeness (QED) is 0.463. The first-order valence-corrected chi connectivity index (χ1v) is 8.07. The van der Waals surface area contributed by atoms with Gasteiger partial charge in [-0.05, 0) is 12.3 Å². The van der Waals surface area contributed by atoms with Gasteiger partial charge < -0.3 is 9.84 Å². The van der Waals surface area contributed by atoms with Crippen LogP contribution in [-0.4, -0.2) is 41.9 Å². The average molecular weight is 310 g/mol.